The first-order chi connectivity index (χ1) is 11.1. The van der Waals surface area contributed by atoms with Crippen molar-refractivity contribution in [2.24, 2.45) is 7.05 Å². The van der Waals surface area contributed by atoms with E-state index >= 15 is 0 Å². The first kappa shape index (κ1) is 15.7. The van der Waals surface area contributed by atoms with E-state index in [-0.39, 0.29) is 11.9 Å². The number of rotatable bonds is 3. The van der Waals surface area contributed by atoms with Gasteiger partial charge in [-0.25, -0.2) is 4.98 Å². The Hall–Kier alpha value is -2.15. The molecule has 1 saturated heterocycles. The summed E-state index contributed by atoms with van der Waals surface area (Å²) in [6, 6.07) is 0.218. The molecule has 2 aromatic heterocycles. The number of aromatic nitrogens is 3. The van der Waals surface area contributed by atoms with Gasteiger partial charge < -0.3 is 14.5 Å². The average Bonchev–Trinajstić information content (AvgIpc) is 2.94. The van der Waals surface area contributed by atoms with Gasteiger partial charge in [0.1, 0.15) is 11.3 Å². The molecule has 0 radical (unpaired) electrons. The van der Waals surface area contributed by atoms with E-state index in [0.717, 1.165) is 31.4 Å². The summed E-state index contributed by atoms with van der Waals surface area (Å²) in [5.41, 5.74) is 1.22. The van der Waals surface area contributed by atoms with Gasteiger partial charge in [0.15, 0.2) is 5.65 Å². The predicted molar refractivity (Wildman–Crippen MR) is 87.7 cm³/mol. The molecule has 7 nitrogen and oxygen atoms in total. The van der Waals surface area contributed by atoms with Gasteiger partial charge in [0.2, 0.25) is 0 Å². The lowest BCUT2D eigenvalue weighted by Gasteiger charge is -2.39. The maximum atomic E-state index is 13.1. The summed E-state index contributed by atoms with van der Waals surface area (Å²) in [5, 5.41) is 4.97. The van der Waals surface area contributed by atoms with Gasteiger partial charge in [-0.05, 0) is 13.5 Å². The number of amides is 1. The zero-order valence-electron chi connectivity index (χ0n) is 14.1. The number of carbonyl (C=O) groups is 1. The highest BCUT2D eigenvalue weighted by atomic mass is 16.5. The Labute approximate surface area is 135 Å². The molecule has 0 saturated carbocycles. The fraction of sp³-hybridized carbons (Fsp3) is 0.562. The molecule has 0 spiro atoms. The van der Waals surface area contributed by atoms with Crippen LogP contribution in [0, 0.1) is 0 Å². The van der Waals surface area contributed by atoms with Crippen LogP contribution in [0.5, 0.6) is 5.75 Å². The third kappa shape index (κ3) is 2.65. The van der Waals surface area contributed by atoms with E-state index in [1.54, 1.807) is 24.2 Å². The van der Waals surface area contributed by atoms with Crippen molar-refractivity contribution in [2.45, 2.75) is 19.4 Å². The van der Waals surface area contributed by atoms with E-state index in [1.165, 1.54) is 0 Å². The highest BCUT2D eigenvalue weighted by Crippen LogP contribution is 2.29. The van der Waals surface area contributed by atoms with Crippen LogP contribution in [0.1, 0.15) is 23.7 Å². The van der Waals surface area contributed by atoms with E-state index in [0.29, 0.717) is 17.0 Å². The molecule has 1 unspecified atom stereocenters. The molecule has 1 amide bonds. The highest BCUT2D eigenvalue weighted by molar-refractivity contribution is 6.02. The number of hydrogen-bond acceptors (Lipinski definition) is 5. The number of hydrogen-bond donors (Lipinski definition) is 0. The van der Waals surface area contributed by atoms with Crippen LogP contribution in [0.4, 0.5) is 0 Å². The molecule has 3 heterocycles. The van der Waals surface area contributed by atoms with Crippen LogP contribution in [0.25, 0.3) is 11.0 Å². The van der Waals surface area contributed by atoms with Crippen LogP contribution in [0.2, 0.25) is 0 Å². The van der Waals surface area contributed by atoms with E-state index in [9.17, 15) is 4.79 Å². The molecular formula is C16H23N5O2. The number of ether oxygens (including phenoxy) is 1. The third-order valence-corrected chi connectivity index (χ3v) is 4.57. The van der Waals surface area contributed by atoms with Crippen LogP contribution >= 0.6 is 0 Å². The predicted octanol–water partition coefficient (Wildman–Crippen LogP) is 1.14. The molecule has 2 aromatic rings. The largest absolute Gasteiger partial charge is 0.495 e. The number of pyridine rings is 1. The Balaban J connectivity index is 2.00. The van der Waals surface area contributed by atoms with Crippen LogP contribution in [-0.2, 0) is 7.05 Å². The summed E-state index contributed by atoms with van der Waals surface area (Å²) in [6.07, 6.45) is 4.23. The summed E-state index contributed by atoms with van der Waals surface area (Å²) in [6.45, 7) is 4.62. The van der Waals surface area contributed by atoms with Gasteiger partial charge in [-0.3, -0.25) is 9.48 Å². The lowest BCUT2D eigenvalue weighted by Crippen LogP contribution is -2.53. The fourth-order valence-corrected chi connectivity index (χ4v) is 3.23. The van der Waals surface area contributed by atoms with Crippen molar-refractivity contribution < 1.29 is 9.53 Å². The molecule has 124 valence electrons. The van der Waals surface area contributed by atoms with Crippen molar-refractivity contribution >= 4 is 16.9 Å². The number of carbonyl (C=O) groups excluding carboxylic acids is 1. The summed E-state index contributed by atoms with van der Waals surface area (Å²) < 4.78 is 7.20. The van der Waals surface area contributed by atoms with Gasteiger partial charge in [0, 0.05) is 38.9 Å². The SMILES string of the molecule is CCC1CN(C)CCN1C(=O)c1cnc2c(cnn2C)c1OC. The molecule has 0 aromatic carbocycles. The normalized spacial score (nSPS) is 19.3. The van der Waals surface area contributed by atoms with Crippen LogP contribution in [-0.4, -0.2) is 70.3 Å². The molecular weight excluding hydrogens is 294 g/mol. The van der Waals surface area contributed by atoms with Crippen LogP contribution in [0.15, 0.2) is 12.4 Å². The Bertz CT molecular complexity index is 727. The monoisotopic (exact) mass is 317 g/mol. The van der Waals surface area contributed by atoms with Gasteiger partial charge in [-0.15, -0.1) is 0 Å². The summed E-state index contributed by atoms with van der Waals surface area (Å²) >= 11 is 0. The Morgan fingerprint density at radius 2 is 2.13 bits per heavy atom. The van der Waals surface area contributed by atoms with E-state index in [2.05, 4.69) is 29.0 Å². The summed E-state index contributed by atoms with van der Waals surface area (Å²) in [7, 11) is 5.50. The van der Waals surface area contributed by atoms with Gasteiger partial charge >= 0.3 is 0 Å². The van der Waals surface area contributed by atoms with Gasteiger partial charge in [0.05, 0.1) is 18.7 Å². The minimum absolute atomic E-state index is 0.0138. The van der Waals surface area contributed by atoms with Crippen molar-refractivity contribution in [3.05, 3.63) is 18.0 Å². The first-order valence-corrected chi connectivity index (χ1v) is 7.91. The number of aryl methyl sites for hydroxylation is 1. The molecule has 23 heavy (non-hydrogen) atoms. The Morgan fingerprint density at radius 1 is 1.35 bits per heavy atom. The Kier molecular flexibility index (Phi) is 4.21. The van der Waals surface area contributed by atoms with Crippen molar-refractivity contribution in [1.29, 1.82) is 0 Å². The van der Waals surface area contributed by atoms with Crippen molar-refractivity contribution in [3.8, 4) is 5.75 Å². The van der Waals surface area contributed by atoms with Gasteiger partial charge in [-0.1, -0.05) is 6.92 Å². The van der Waals surface area contributed by atoms with Crippen molar-refractivity contribution in [3.63, 3.8) is 0 Å². The average molecular weight is 317 g/mol. The van der Waals surface area contributed by atoms with Crippen molar-refractivity contribution in [2.75, 3.05) is 33.8 Å². The standard InChI is InChI=1S/C16H23N5O2/c1-5-11-10-19(2)6-7-21(11)16(22)13-8-17-15-12(14(13)23-4)9-18-20(15)3/h8-9,11H,5-7,10H2,1-4H3. The fourth-order valence-electron chi connectivity index (χ4n) is 3.23. The maximum Gasteiger partial charge on any atom is 0.259 e. The van der Waals surface area contributed by atoms with Crippen LogP contribution in [0.3, 0.4) is 0 Å². The highest BCUT2D eigenvalue weighted by Gasteiger charge is 2.31. The number of piperazine rings is 1. The molecule has 0 N–H and O–H groups in total. The van der Waals surface area contributed by atoms with E-state index in [1.807, 2.05) is 11.9 Å². The topological polar surface area (TPSA) is 63.5 Å². The van der Waals surface area contributed by atoms with E-state index < -0.39 is 0 Å². The second kappa shape index (κ2) is 6.16. The molecule has 1 atom stereocenters. The molecule has 3 rings (SSSR count). The Morgan fingerprint density at radius 3 is 2.83 bits per heavy atom. The second-order valence-electron chi connectivity index (χ2n) is 6.03. The zero-order valence-corrected chi connectivity index (χ0v) is 14.1. The lowest BCUT2D eigenvalue weighted by atomic mass is 10.1. The number of nitrogens with zero attached hydrogens (tertiary/aromatic N) is 5. The third-order valence-electron chi connectivity index (χ3n) is 4.57. The zero-order chi connectivity index (χ0) is 16.6. The molecule has 1 aliphatic heterocycles. The summed E-state index contributed by atoms with van der Waals surface area (Å²) in [4.78, 5) is 21.7. The number of methoxy groups -OCH3 is 1. The number of likely N-dealkylation sites (N-methyl/N-ethyl adjacent to an activating group) is 1. The molecule has 0 aliphatic carbocycles. The quantitative estimate of drug-likeness (QED) is 0.849. The minimum Gasteiger partial charge on any atom is -0.495 e. The molecule has 7 heteroatoms. The van der Waals surface area contributed by atoms with E-state index in [4.69, 9.17) is 4.74 Å². The smallest absolute Gasteiger partial charge is 0.259 e. The van der Waals surface area contributed by atoms with Crippen molar-refractivity contribution in [1.82, 2.24) is 24.6 Å². The maximum absolute atomic E-state index is 13.1. The second-order valence-corrected chi connectivity index (χ2v) is 6.03. The summed E-state index contributed by atoms with van der Waals surface area (Å²) in [5.74, 6) is 0.543. The minimum atomic E-state index is -0.0138. The molecule has 1 fully saturated rings. The van der Waals surface area contributed by atoms with Gasteiger partial charge in [-0.2, -0.15) is 5.10 Å². The first-order valence-electron chi connectivity index (χ1n) is 7.91. The molecule has 1 aliphatic rings. The van der Waals surface area contributed by atoms with Crippen LogP contribution < -0.4 is 4.74 Å². The lowest BCUT2D eigenvalue weighted by molar-refractivity contribution is 0.0490. The molecule has 0 bridgehead atoms. The van der Waals surface area contributed by atoms with Gasteiger partial charge in [0.25, 0.3) is 5.91 Å². The number of fused-ring (bicyclic) bond motifs is 1.